The number of amides is 1. The van der Waals surface area contributed by atoms with Crippen LogP contribution in [0.1, 0.15) is 16.1 Å². The maximum absolute atomic E-state index is 12.4. The highest BCUT2D eigenvalue weighted by Gasteiger charge is 2.30. The van der Waals surface area contributed by atoms with Crippen LogP contribution in [0.4, 0.5) is 24.9 Å². The van der Waals surface area contributed by atoms with Gasteiger partial charge in [-0.2, -0.15) is 13.2 Å². The zero-order valence-electron chi connectivity index (χ0n) is 12.0. The molecular formula is C13H11F3N4O4. The van der Waals surface area contributed by atoms with Crippen LogP contribution in [0.3, 0.4) is 0 Å². The van der Waals surface area contributed by atoms with Gasteiger partial charge in [0.05, 0.1) is 11.6 Å². The van der Waals surface area contributed by atoms with Crippen LogP contribution in [0.25, 0.3) is 0 Å². The Balaban J connectivity index is 1.78. The lowest BCUT2D eigenvalue weighted by Gasteiger charge is -2.09. The number of nitro groups is 1. The van der Waals surface area contributed by atoms with Crippen molar-refractivity contribution in [3.05, 3.63) is 51.9 Å². The number of anilines is 1. The minimum absolute atomic E-state index is 0.107. The Kier molecular flexibility index (Phi) is 5.02. The number of hydrogen-bond acceptors (Lipinski definition) is 6. The molecule has 0 spiro atoms. The molecule has 2 aromatic rings. The Bertz CT molecular complexity index is 728. The van der Waals surface area contributed by atoms with Crippen LogP contribution in [0.5, 0.6) is 0 Å². The van der Waals surface area contributed by atoms with E-state index in [4.69, 9.17) is 4.42 Å². The van der Waals surface area contributed by atoms with Gasteiger partial charge in [-0.15, -0.1) is 0 Å². The van der Waals surface area contributed by atoms with Crippen molar-refractivity contribution in [2.75, 3.05) is 18.4 Å². The van der Waals surface area contributed by atoms with Crippen molar-refractivity contribution in [2.24, 2.45) is 0 Å². The third-order valence-electron chi connectivity index (χ3n) is 2.80. The summed E-state index contributed by atoms with van der Waals surface area (Å²) in [5, 5.41) is 15.6. The molecule has 0 saturated heterocycles. The monoisotopic (exact) mass is 344 g/mol. The minimum atomic E-state index is -4.45. The number of aromatic nitrogens is 1. The Morgan fingerprint density at radius 2 is 2.00 bits per heavy atom. The molecule has 0 unspecified atom stereocenters. The maximum Gasteiger partial charge on any atom is 0.433 e. The van der Waals surface area contributed by atoms with E-state index in [1.165, 1.54) is 6.07 Å². The molecule has 8 nitrogen and oxygen atoms in total. The van der Waals surface area contributed by atoms with E-state index in [0.29, 0.717) is 6.20 Å². The first-order chi connectivity index (χ1) is 11.3. The highest BCUT2D eigenvalue weighted by atomic mass is 19.4. The predicted molar refractivity (Wildman–Crippen MR) is 75.4 cm³/mol. The molecule has 0 atom stereocenters. The first kappa shape index (κ1) is 17.2. The molecule has 2 aromatic heterocycles. The molecule has 0 fully saturated rings. The van der Waals surface area contributed by atoms with Crippen molar-refractivity contribution in [3.8, 4) is 0 Å². The molecule has 1 amide bonds. The third-order valence-corrected chi connectivity index (χ3v) is 2.80. The number of nitrogens with zero attached hydrogens (tertiary/aromatic N) is 2. The normalized spacial score (nSPS) is 11.1. The van der Waals surface area contributed by atoms with Crippen molar-refractivity contribution < 1.29 is 27.3 Å². The Labute approximate surface area is 132 Å². The Morgan fingerprint density at radius 3 is 2.54 bits per heavy atom. The summed E-state index contributed by atoms with van der Waals surface area (Å²) >= 11 is 0. The fourth-order valence-corrected chi connectivity index (χ4v) is 1.67. The van der Waals surface area contributed by atoms with Crippen LogP contribution in [0, 0.1) is 10.1 Å². The van der Waals surface area contributed by atoms with Crippen LogP contribution < -0.4 is 10.6 Å². The van der Waals surface area contributed by atoms with E-state index in [2.05, 4.69) is 15.6 Å². The summed E-state index contributed by atoms with van der Waals surface area (Å²) in [5.41, 5.74) is -0.860. The van der Waals surface area contributed by atoms with Crippen molar-refractivity contribution in [3.63, 3.8) is 0 Å². The quantitative estimate of drug-likeness (QED) is 0.473. The number of pyridine rings is 1. The summed E-state index contributed by atoms with van der Waals surface area (Å²) in [6.45, 7) is 0.295. The van der Waals surface area contributed by atoms with E-state index in [1.54, 1.807) is 0 Å². The zero-order chi connectivity index (χ0) is 17.7. The number of carbonyl (C=O) groups excluding carboxylic acids is 1. The molecule has 2 heterocycles. The van der Waals surface area contributed by atoms with Gasteiger partial charge < -0.3 is 15.1 Å². The molecule has 0 bridgehead atoms. The molecule has 2 rings (SSSR count). The minimum Gasteiger partial charge on any atom is -0.395 e. The number of hydrogen-bond donors (Lipinski definition) is 2. The van der Waals surface area contributed by atoms with Gasteiger partial charge in [-0.25, -0.2) is 4.98 Å². The van der Waals surface area contributed by atoms with Crippen LogP contribution in [0.2, 0.25) is 0 Å². The molecule has 128 valence electrons. The van der Waals surface area contributed by atoms with E-state index in [9.17, 15) is 28.1 Å². The van der Waals surface area contributed by atoms with Crippen molar-refractivity contribution in [1.82, 2.24) is 10.3 Å². The molecule has 11 heteroatoms. The topological polar surface area (TPSA) is 110 Å². The van der Waals surface area contributed by atoms with Gasteiger partial charge in [-0.3, -0.25) is 14.9 Å². The fourth-order valence-electron chi connectivity index (χ4n) is 1.67. The number of rotatable bonds is 6. The second kappa shape index (κ2) is 6.98. The van der Waals surface area contributed by atoms with Gasteiger partial charge in [0.25, 0.3) is 5.91 Å². The van der Waals surface area contributed by atoms with Crippen LogP contribution in [-0.4, -0.2) is 28.9 Å². The average Bonchev–Trinajstić information content (AvgIpc) is 3.01. The van der Waals surface area contributed by atoms with Gasteiger partial charge in [-0.05, 0) is 18.2 Å². The number of alkyl halides is 3. The van der Waals surface area contributed by atoms with E-state index in [0.717, 1.165) is 18.2 Å². The lowest BCUT2D eigenvalue weighted by atomic mass is 10.3. The largest absolute Gasteiger partial charge is 0.433 e. The van der Waals surface area contributed by atoms with E-state index >= 15 is 0 Å². The van der Waals surface area contributed by atoms with Crippen LogP contribution in [0.15, 0.2) is 34.9 Å². The molecule has 2 N–H and O–H groups in total. The summed E-state index contributed by atoms with van der Waals surface area (Å²) in [6, 6.07) is 4.27. The van der Waals surface area contributed by atoms with Gasteiger partial charge >= 0.3 is 12.1 Å². The fraction of sp³-hybridized carbons (Fsp3) is 0.231. The highest BCUT2D eigenvalue weighted by molar-refractivity contribution is 5.91. The lowest BCUT2D eigenvalue weighted by molar-refractivity contribution is -0.402. The second-order valence-corrected chi connectivity index (χ2v) is 4.51. The van der Waals surface area contributed by atoms with Crippen LogP contribution >= 0.6 is 0 Å². The van der Waals surface area contributed by atoms with Crippen molar-refractivity contribution >= 4 is 17.6 Å². The van der Waals surface area contributed by atoms with E-state index in [-0.39, 0.29) is 24.7 Å². The molecular weight excluding hydrogens is 333 g/mol. The summed E-state index contributed by atoms with van der Waals surface area (Å²) in [7, 11) is 0. The summed E-state index contributed by atoms with van der Waals surface area (Å²) in [5.74, 6) is -1.20. The van der Waals surface area contributed by atoms with Crippen molar-refractivity contribution in [2.45, 2.75) is 6.18 Å². The number of carbonyl (C=O) groups is 1. The van der Waals surface area contributed by atoms with Gasteiger partial charge in [0.2, 0.25) is 0 Å². The van der Waals surface area contributed by atoms with E-state index in [1.807, 2.05) is 0 Å². The van der Waals surface area contributed by atoms with Crippen molar-refractivity contribution in [1.29, 1.82) is 0 Å². The summed E-state index contributed by atoms with van der Waals surface area (Å²) in [4.78, 5) is 24.9. The summed E-state index contributed by atoms with van der Waals surface area (Å²) < 4.78 is 41.8. The Hall–Kier alpha value is -3.11. The molecule has 0 aromatic carbocycles. The molecule has 0 aliphatic rings. The first-order valence-electron chi connectivity index (χ1n) is 6.57. The third kappa shape index (κ3) is 4.44. The van der Waals surface area contributed by atoms with E-state index < -0.39 is 28.5 Å². The second-order valence-electron chi connectivity index (χ2n) is 4.51. The molecule has 0 aliphatic carbocycles. The van der Waals surface area contributed by atoms with Gasteiger partial charge in [-0.1, -0.05) is 0 Å². The maximum atomic E-state index is 12.4. The molecule has 0 aliphatic heterocycles. The number of nitrogens with one attached hydrogen (secondary N) is 2. The number of halogens is 3. The summed E-state index contributed by atoms with van der Waals surface area (Å²) in [6.07, 6.45) is -3.76. The van der Waals surface area contributed by atoms with Crippen LogP contribution in [-0.2, 0) is 6.18 Å². The number of furan rings is 1. The van der Waals surface area contributed by atoms with Gasteiger partial charge in [0, 0.05) is 19.3 Å². The molecule has 0 radical (unpaired) electrons. The predicted octanol–water partition coefficient (Wildman–Crippen LogP) is 2.44. The molecule has 0 saturated carbocycles. The highest BCUT2D eigenvalue weighted by Crippen LogP contribution is 2.28. The molecule has 24 heavy (non-hydrogen) atoms. The average molecular weight is 344 g/mol. The van der Waals surface area contributed by atoms with Gasteiger partial charge in [0.1, 0.15) is 10.7 Å². The Morgan fingerprint density at radius 1 is 1.25 bits per heavy atom. The standard InChI is InChI=1S/C13H11F3N4O4/c14-13(15,16)8-1-3-10(19-7-8)17-5-6-18-12(21)9-2-4-11(24-9)20(22)23/h1-4,7H,5-6H2,(H,17,19)(H,18,21). The first-order valence-corrected chi connectivity index (χ1v) is 6.57. The smallest absolute Gasteiger partial charge is 0.395 e. The zero-order valence-corrected chi connectivity index (χ0v) is 12.0. The van der Waals surface area contributed by atoms with Gasteiger partial charge in [0.15, 0.2) is 5.76 Å². The SMILES string of the molecule is O=C(NCCNc1ccc(C(F)(F)F)cn1)c1ccc([N+](=O)[O-])o1. The lowest BCUT2D eigenvalue weighted by Crippen LogP contribution is -2.28.